The van der Waals surface area contributed by atoms with Crippen LogP contribution in [0.1, 0.15) is 31.9 Å². The van der Waals surface area contributed by atoms with Crippen molar-refractivity contribution in [2.24, 2.45) is 0 Å². The Morgan fingerprint density at radius 3 is 2.44 bits per heavy atom. The Bertz CT molecular complexity index is 956. The van der Waals surface area contributed by atoms with Crippen LogP contribution in [0.4, 0.5) is 5.69 Å². The van der Waals surface area contributed by atoms with Crippen molar-refractivity contribution in [3.8, 4) is 17.0 Å². The molecule has 0 aliphatic rings. The van der Waals surface area contributed by atoms with Crippen LogP contribution in [0.2, 0.25) is 0 Å². The second-order valence-corrected chi connectivity index (χ2v) is 7.39. The summed E-state index contributed by atoms with van der Waals surface area (Å²) in [6.07, 6.45) is 1.71. The summed E-state index contributed by atoms with van der Waals surface area (Å²) in [6, 6.07) is 13.0. The third-order valence-electron chi connectivity index (χ3n) is 4.38. The lowest BCUT2D eigenvalue weighted by Crippen LogP contribution is -2.11. The molecule has 0 bridgehead atoms. The number of nitro benzene ring substituents is 1. The molecule has 0 fully saturated rings. The van der Waals surface area contributed by atoms with Crippen LogP contribution < -0.4 is 4.74 Å². The zero-order chi connectivity index (χ0) is 19.6. The summed E-state index contributed by atoms with van der Waals surface area (Å²) < 4.78 is 6.74. The first-order valence-corrected chi connectivity index (χ1v) is 8.60. The Morgan fingerprint density at radius 2 is 1.85 bits per heavy atom. The zero-order valence-corrected chi connectivity index (χ0v) is 15.8. The van der Waals surface area contributed by atoms with Gasteiger partial charge in [-0.2, -0.15) is 0 Å². The first-order chi connectivity index (χ1) is 12.8. The van der Waals surface area contributed by atoms with Gasteiger partial charge < -0.3 is 4.74 Å². The first-order valence-electron chi connectivity index (χ1n) is 8.60. The average Bonchev–Trinajstić information content (AvgIpc) is 3.09. The van der Waals surface area contributed by atoms with E-state index < -0.39 is 4.92 Å². The van der Waals surface area contributed by atoms with E-state index in [1.54, 1.807) is 23.0 Å². The van der Waals surface area contributed by atoms with Crippen LogP contribution in [0, 0.1) is 10.1 Å². The van der Waals surface area contributed by atoms with Crippen LogP contribution in [0.15, 0.2) is 48.7 Å². The van der Waals surface area contributed by atoms with Gasteiger partial charge in [0.15, 0.2) is 0 Å². The number of nitro groups is 1. The second kappa shape index (κ2) is 7.19. The Hall–Kier alpha value is -3.22. The van der Waals surface area contributed by atoms with E-state index in [9.17, 15) is 10.1 Å². The molecule has 7 heteroatoms. The minimum atomic E-state index is -0.442. The summed E-state index contributed by atoms with van der Waals surface area (Å²) in [5, 5.41) is 19.6. The highest BCUT2D eigenvalue weighted by Gasteiger charge is 2.19. The molecule has 0 aliphatic carbocycles. The summed E-state index contributed by atoms with van der Waals surface area (Å²) in [6.45, 7) is 7.07. The number of hydrogen-bond donors (Lipinski definition) is 0. The molecule has 0 saturated heterocycles. The molecule has 0 N–H and O–H groups in total. The van der Waals surface area contributed by atoms with Gasteiger partial charge in [0.05, 0.1) is 36.4 Å². The third-order valence-corrected chi connectivity index (χ3v) is 4.38. The Labute approximate surface area is 157 Å². The molecule has 2 aromatic carbocycles. The van der Waals surface area contributed by atoms with Crippen molar-refractivity contribution in [3.05, 3.63) is 69.9 Å². The number of ether oxygens (including phenoxy) is 1. The lowest BCUT2D eigenvalue weighted by molar-refractivity contribution is -0.384. The molecule has 140 valence electrons. The van der Waals surface area contributed by atoms with Crippen LogP contribution in [-0.4, -0.2) is 27.0 Å². The Morgan fingerprint density at radius 1 is 1.15 bits per heavy atom. The highest BCUT2D eigenvalue weighted by atomic mass is 16.6. The van der Waals surface area contributed by atoms with E-state index in [4.69, 9.17) is 4.74 Å². The molecule has 0 amide bonds. The maximum absolute atomic E-state index is 11.4. The van der Waals surface area contributed by atoms with E-state index in [1.807, 2.05) is 0 Å². The van der Waals surface area contributed by atoms with Gasteiger partial charge in [0, 0.05) is 0 Å². The van der Waals surface area contributed by atoms with Gasteiger partial charge in [0.25, 0.3) is 5.69 Å². The molecule has 1 aromatic heterocycles. The molecule has 0 radical (unpaired) electrons. The van der Waals surface area contributed by atoms with E-state index in [-0.39, 0.29) is 11.1 Å². The van der Waals surface area contributed by atoms with Crippen molar-refractivity contribution in [1.82, 2.24) is 15.0 Å². The molecular formula is C20H22N4O3. The molecule has 0 unspecified atom stereocenters. The summed E-state index contributed by atoms with van der Waals surface area (Å²) in [5.41, 5.74) is 3.26. The molecule has 0 aliphatic heterocycles. The lowest BCUT2D eigenvalue weighted by Gasteiger charge is -2.19. The van der Waals surface area contributed by atoms with E-state index in [0.29, 0.717) is 23.6 Å². The molecule has 7 nitrogen and oxygen atoms in total. The highest BCUT2D eigenvalue weighted by Crippen LogP contribution is 2.31. The van der Waals surface area contributed by atoms with E-state index in [0.717, 1.165) is 5.56 Å². The van der Waals surface area contributed by atoms with E-state index in [1.165, 1.54) is 18.7 Å². The van der Waals surface area contributed by atoms with Gasteiger partial charge in [-0.05, 0) is 28.7 Å². The first kappa shape index (κ1) is 18.6. The zero-order valence-electron chi connectivity index (χ0n) is 15.8. The average molecular weight is 366 g/mol. The molecule has 3 aromatic rings. The minimum absolute atomic E-state index is 0.0593. The molecule has 27 heavy (non-hydrogen) atoms. The van der Waals surface area contributed by atoms with Crippen molar-refractivity contribution in [3.63, 3.8) is 0 Å². The number of methoxy groups -OCH3 is 1. The van der Waals surface area contributed by atoms with Crippen molar-refractivity contribution in [2.45, 2.75) is 32.7 Å². The normalized spacial score (nSPS) is 11.4. The molecule has 3 rings (SSSR count). The largest absolute Gasteiger partial charge is 0.497 e. The number of aromatic nitrogens is 3. The standard InChI is InChI=1S/C20H22N4O3/c1-20(2,3)15-7-5-14(6-8-15)12-23-13-18(21-22-23)17-10-9-16(27-4)11-19(17)24(25)26/h5-11,13H,12H2,1-4H3. The number of nitrogens with zero attached hydrogens (tertiary/aromatic N) is 4. The van der Waals surface area contributed by atoms with Crippen LogP contribution in [0.5, 0.6) is 5.75 Å². The van der Waals surface area contributed by atoms with Crippen LogP contribution in [0.25, 0.3) is 11.3 Å². The second-order valence-electron chi connectivity index (χ2n) is 7.39. The fourth-order valence-electron chi connectivity index (χ4n) is 2.80. The number of rotatable bonds is 5. The van der Waals surface area contributed by atoms with Gasteiger partial charge in [0.2, 0.25) is 0 Å². The van der Waals surface area contributed by atoms with E-state index in [2.05, 4.69) is 55.3 Å². The minimum Gasteiger partial charge on any atom is -0.497 e. The van der Waals surface area contributed by atoms with Gasteiger partial charge in [-0.1, -0.05) is 50.3 Å². The predicted octanol–water partition coefficient (Wildman–Crippen LogP) is 4.21. The fraction of sp³-hybridized carbons (Fsp3) is 0.300. The lowest BCUT2D eigenvalue weighted by atomic mass is 9.87. The smallest absolute Gasteiger partial charge is 0.282 e. The quantitative estimate of drug-likeness (QED) is 0.499. The summed E-state index contributed by atoms with van der Waals surface area (Å²) in [5.74, 6) is 0.428. The van der Waals surface area contributed by atoms with Crippen molar-refractivity contribution in [1.29, 1.82) is 0 Å². The summed E-state index contributed by atoms with van der Waals surface area (Å²) in [4.78, 5) is 10.9. The van der Waals surface area contributed by atoms with Gasteiger partial charge in [-0.25, -0.2) is 4.68 Å². The third kappa shape index (κ3) is 4.13. The van der Waals surface area contributed by atoms with Gasteiger partial charge in [0.1, 0.15) is 11.4 Å². The summed E-state index contributed by atoms with van der Waals surface area (Å²) >= 11 is 0. The number of hydrogen-bond acceptors (Lipinski definition) is 5. The van der Waals surface area contributed by atoms with Gasteiger partial charge in [-0.15, -0.1) is 5.10 Å². The van der Waals surface area contributed by atoms with Crippen LogP contribution in [-0.2, 0) is 12.0 Å². The maximum Gasteiger partial charge on any atom is 0.282 e. The molecule has 1 heterocycles. The van der Waals surface area contributed by atoms with Crippen LogP contribution >= 0.6 is 0 Å². The molecular weight excluding hydrogens is 344 g/mol. The van der Waals surface area contributed by atoms with Crippen molar-refractivity contribution >= 4 is 5.69 Å². The number of benzene rings is 2. The molecule has 0 atom stereocenters. The fourth-order valence-corrected chi connectivity index (χ4v) is 2.80. The molecule has 0 spiro atoms. The van der Waals surface area contributed by atoms with Crippen LogP contribution in [0.3, 0.4) is 0 Å². The van der Waals surface area contributed by atoms with E-state index >= 15 is 0 Å². The van der Waals surface area contributed by atoms with Gasteiger partial charge >= 0.3 is 0 Å². The van der Waals surface area contributed by atoms with Crippen molar-refractivity contribution in [2.75, 3.05) is 7.11 Å². The maximum atomic E-state index is 11.4. The molecule has 0 saturated carbocycles. The van der Waals surface area contributed by atoms with Crippen molar-refractivity contribution < 1.29 is 9.66 Å². The Kier molecular flexibility index (Phi) is 4.94. The van der Waals surface area contributed by atoms with Gasteiger partial charge in [-0.3, -0.25) is 10.1 Å². The summed E-state index contributed by atoms with van der Waals surface area (Å²) in [7, 11) is 1.47. The topological polar surface area (TPSA) is 83.1 Å². The SMILES string of the molecule is COc1ccc(-c2cn(Cc3ccc(C(C)(C)C)cc3)nn2)c([N+](=O)[O-])c1. The predicted molar refractivity (Wildman–Crippen MR) is 103 cm³/mol. The Balaban J connectivity index is 1.84. The highest BCUT2D eigenvalue weighted by molar-refractivity contribution is 5.71. The monoisotopic (exact) mass is 366 g/mol.